The van der Waals surface area contributed by atoms with Crippen molar-refractivity contribution in [3.63, 3.8) is 0 Å². The standard InChI is InChI=1S/C28H29F3N10O2/c1-3-17-12-18(4-5-20(17)27(43)36-16(2)26(42)38-19-6-8-33-13-19)37-24-25-35-14-22(41(25)11-9-34-24)21-15-40(10-7-32)39-23(21)28(29,30)31/h4-5,9,11-12,14-16,19,33H,3,6,8,10,13H2,1-2H3,(H,34,37)(H,36,43)(H,38,42)/t16-,19-/m1/s1. The van der Waals surface area contributed by atoms with E-state index in [0.29, 0.717) is 29.8 Å². The molecule has 224 valence electrons. The summed E-state index contributed by atoms with van der Waals surface area (Å²) in [4.78, 5) is 34.2. The van der Waals surface area contributed by atoms with Gasteiger partial charge < -0.3 is 21.3 Å². The number of rotatable bonds is 9. The summed E-state index contributed by atoms with van der Waals surface area (Å²) in [6, 6.07) is 6.19. The first-order chi connectivity index (χ1) is 20.6. The minimum Gasteiger partial charge on any atom is -0.350 e. The Morgan fingerprint density at radius 2 is 2.09 bits per heavy atom. The van der Waals surface area contributed by atoms with Gasteiger partial charge in [-0.3, -0.25) is 18.7 Å². The molecule has 4 N–H and O–H groups in total. The number of imidazole rings is 1. The number of carbonyl (C=O) groups excluding carboxylic acids is 2. The highest BCUT2D eigenvalue weighted by Gasteiger charge is 2.38. The molecule has 4 aromatic rings. The van der Waals surface area contributed by atoms with Crippen LogP contribution in [0.15, 0.2) is 43.0 Å². The molecule has 1 aromatic carbocycles. The van der Waals surface area contributed by atoms with Gasteiger partial charge in [-0.1, -0.05) is 6.92 Å². The molecule has 15 heteroatoms. The second-order valence-electron chi connectivity index (χ2n) is 10.1. The van der Waals surface area contributed by atoms with Gasteiger partial charge >= 0.3 is 6.18 Å². The van der Waals surface area contributed by atoms with Crippen molar-refractivity contribution in [1.29, 1.82) is 5.26 Å². The summed E-state index contributed by atoms with van der Waals surface area (Å²) in [5.41, 5.74) is 0.746. The Labute approximate surface area is 244 Å². The molecule has 4 heterocycles. The number of fused-ring (bicyclic) bond motifs is 1. The molecule has 12 nitrogen and oxygen atoms in total. The summed E-state index contributed by atoms with van der Waals surface area (Å²) in [6.07, 6.45) is 1.97. The van der Waals surface area contributed by atoms with Crippen molar-refractivity contribution < 1.29 is 22.8 Å². The fraction of sp³-hybridized carbons (Fsp3) is 0.357. The number of aromatic nitrogens is 5. The third-order valence-corrected chi connectivity index (χ3v) is 7.11. The van der Waals surface area contributed by atoms with Crippen LogP contribution in [0.3, 0.4) is 0 Å². The molecular formula is C28H29F3N10O2. The first kappa shape index (κ1) is 29.5. The van der Waals surface area contributed by atoms with Gasteiger partial charge in [0.2, 0.25) is 5.91 Å². The van der Waals surface area contributed by atoms with Gasteiger partial charge in [0, 0.05) is 42.4 Å². The number of hydrogen-bond donors (Lipinski definition) is 4. The maximum atomic E-state index is 13.7. The molecule has 1 aliphatic rings. The number of nitriles is 1. The van der Waals surface area contributed by atoms with Crippen LogP contribution in [0, 0.1) is 11.3 Å². The summed E-state index contributed by atoms with van der Waals surface area (Å²) in [6.45, 7) is 4.72. The van der Waals surface area contributed by atoms with Gasteiger partial charge in [-0.2, -0.15) is 23.5 Å². The number of anilines is 2. The molecule has 0 aliphatic carbocycles. The van der Waals surface area contributed by atoms with Crippen LogP contribution in [0.1, 0.15) is 41.9 Å². The molecule has 1 aliphatic heterocycles. The van der Waals surface area contributed by atoms with Crippen molar-refractivity contribution in [1.82, 2.24) is 40.1 Å². The van der Waals surface area contributed by atoms with E-state index in [-0.39, 0.29) is 47.1 Å². The predicted octanol–water partition coefficient (Wildman–Crippen LogP) is 3.04. The largest absolute Gasteiger partial charge is 0.435 e. The molecular weight excluding hydrogens is 565 g/mol. The van der Waals surface area contributed by atoms with E-state index in [1.54, 1.807) is 31.2 Å². The third-order valence-electron chi connectivity index (χ3n) is 7.11. The topological polar surface area (TPSA) is 154 Å². The van der Waals surface area contributed by atoms with Crippen LogP contribution >= 0.6 is 0 Å². The van der Waals surface area contributed by atoms with E-state index < -0.39 is 17.9 Å². The Balaban J connectivity index is 1.37. The lowest BCUT2D eigenvalue weighted by molar-refractivity contribution is -0.141. The van der Waals surface area contributed by atoms with Crippen molar-refractivity contribution in [2.75, 3.05) is 18.4 Å². The Morgan fingerprint density at radius 1 is 1.28 bits per heavy atom. The SMILES string of the molecule is CCc1cc(Nc2nccn3c(-c4cn(CC#N)nc4C(F)(F)F)cnc23)ccc1C(=O)N[C@H](C)C(=O)N[C@@H]1CCNC1. The molecule has 3 aromatic heterocycles. The lowest BCUT2D eigenvalue weighted by atomic mass is 10.0. The zero-order chi connectivity index (χ0) is 30.7. The molecule has 43 heavy (non-hydrogen) atoms. The smallest absolute Gasteiger partial charge is 0.350 e. The Kier molecular flexibility index (Phi) is 8.31. The van der Waals surface area contributed by atoms with Gasteiger partial charge in [0.1, 0.15) is 12.6 Å². The lowest BCUT2D eigenvalue weighted by Crippen LogP contribution is -2.48. The Bertz CT molecular complexity index is 1700. The van der Waals surface area contributed by atoms with Gasteiger partial charge in [-0.15, -0.1) is 0 Å². The van der Waals surface area contributed by atoms with E-state index >= 15 is 0 Å². The van der Waals surface area contributed by atoms with Crippen LogP contribution in [0.5, 0.6) is 0 Å². The number of aryl methyl sites for hydroxylation is 1. The highest BCUT2D eigenvalue weighted by molar-refractivity contribution is 5.99. The van der Waals surface area contributed by atoms with E-state index in [9.17, 15) is 22.8 Å². The maximum Gasteiger partial charge on any atom is 0.435 e. The van der Waals surface area contributed by atoms with Crippen molar-refractivity contribution in [2.24, 2.45) is 0 Å². The van der Waals surface area contributed by atoms with E-state index in [2.05, 4.69) is 36.3 Å². The predicted molar refractivity (Wildman–Crippen MR) is 150 cm³/mol. The molecule has 0 radical (unpaired) electrons. The molecule has 2 amide bonds. The zero-order valence-corrected chi connectivity index (χ0v) is 23.4. The molecule has 1 saturated heterocycles. The van der Waals surface area contributed by atoms with E-state index in [1.165, 1.54) is 23.0 Å². The summed E-state index contributed by atoms with van der Waals surface area (Å²) >= 11 is 0. The van der Waals surface area contributed by atoms with Crippen LogP contribution in [0.4, 0.5) is 24.7 Å². The zero-order valence-electron chi connectivity index (χ0n) is 23.4. The van der Waals surface area contributed by atoms with Crippen LogP contribution < -0.4 is 21.3 Å². The number of carbonyl (C=O) groups is 2. The number of amides is 2. The van der Waals surface area contributed by atoms with E-state index in [4.69, 9.17) is 5.26 Å². The monoisotopic (exact) mass is 594 g/mol. The molecule has 0 bridgehead atoms. The van der Waals surface area contributed by atoms with Crippen LogP contribution in [0.2, 0.25) is 0 Å². The highest BCUT2D eigenvalue weighted by atomic mass is 19.4. The van der Waals surface area contributed by atoms with E-state index in [1.807, 2.05) is 6.92 Å². The molecule has 1 fully saturated rings. The van der Waals surface area contributed by atoms with Crippen LogP contribution in [-0.4, -0.2) is 61.1 Å². The van der Waals surface area contributed by atoms with Gasteiger partial charge in [0.25, 0.3) is 5.91 Å². The number of nitrogens with zero attached hydrogens (tertiary/aromatic N) is 6. The third kappa shape index (κ3) is 6.28. The Morgan fingerprint density at radius 3 is 2.79 bits per heavy atom. The fourth-order valence-electron chi connectivity index (χ4n) is 4.94. The minimum absolute atomic E-state index is 0.0422. The van der Waals surface area contributed by atoms with Gasteiger partial charge in [0.05, 0.1) is 23.5 Å². The maximum absolute atomic E-state index is 13.7. The quantitative estimate of drug-likeness (QED) is 0.231. The number of hydrogen-bond acceptors (Lipinski definition) is 8. The average Bonchev–Trinajstić information content (AvgIpc) is 3.73. The van der Waals surface area contributed by atoms with E-state index in [0.717, 1.165) is 23.8 Å². The number of benzene rings is 1. The lowest BCUT2D eigenvalue weighted by Gasteiger charge is -2.18. The Hall–Kier alpha value is -4.97. The molecule has 0 unspecified atom stereocenters. The van der Waals surface area contributed by atoms with Crippen molar-refractivity contribution in [2.45, 2.75) is 51.5 Å². The summed E-state index contributed by atoms with van der Waals surface area (Å²) in [7, 11) is 0. The molecule has 2 atom stereocenters. The highest BCUT2D eigenvalue weighted by Crippen LogP contribution is 2.37. The fourth-order valence-corrected chi connectivity index (χ4v) is 4.94. The minimum atomic E-state index is -4.74. The van der Waals surface area contributed by atoms with Gasteiger partial charge in [-0.25, -0.2) is 9.97 Å². The van der Waals surface area contributed by atoms with Crippen molar-refractivity contribution >= 4 is 29.0 Å². The first-order valence-corrected chi connectivity index (χ1v) is 13.6. The first-order valence-electron chi connectivity index (χ1n) is 13.6. The number of alkyl halides is 3. The van der Waals surface area contributed by atoms with Gasteiger partial charge in [-0.05, 0) is 50.1 Å². The van der Waals surface area contributed by atoms with Gasteiger partial charge in [0.15, 0.2) is 17.2 Å². The molecule has 5 rings (SSSR count). The second kappa shape index (κ2) is 12.1. The summed E-state index contributed by atoms with van der Waals surface area (Å²) in [5, 5.41) is 24.5. The number of halogens is 3. The molecule has 0 spiro atoms. The van der Waals surface area contributed by atoms with Crippen molar-refractivity contribution in [3.8, 4) is 17.3 Å². The number of nitrogens with one attached hydrogen (secondary N) is 4. The van der Waals surface area contributed by atoms with Crippen molar-refractivity contribution in [3.05, 3.63) is 59.8 Å². The van der Waals surface area contributed by atoms with Crippen LogP contribution in [-0.2, 0) is 23.9 Å². The average molecular weight is 595 g/mol. The summed E-state index contributed by atoms with van der Waals surface area (Å²) < 4.78 is 43.6. The normalized spacial score (nSPS) is 15.7. The second-order valence-corrected chi connectivity index (χ2v) is 10.1. The summed E-state index contributed by atoms with van der Waals surface area (Å²) in [5.74, 6) is -0.361. The van der Waals surface area contributed by atoms with Crippen LogP contribution in [0.25, 0.3) is 16.9 Å². The molecule has 0 saturated carbocycles.